The van der Waals surface area contributed by atoms with Gasteiger partial charge in [0.15, 0.2) is 0 Å². The van der Waals surface area contributed by atoms with Crippen LogP contribution in [0.2, 0.25) is 0 Å². The molecule has 0 bridgehead atoms. The highest BCUT2D eigenvalue weighted by Gasteiger charge is 2.29. The Hall–Kier alpha value is -1.10. The molecule has 1 heterocycles. The Labute approximate surface area is 115 Å². The Morgan fingerprint density at radius 1 is 1.32 bits per heavy atom. The molecule has 0 aliphatic carbocycles. The number of carbonyl (C=O) groups excluding carboxylic acids is 2. The van der Waals surface area contributed by atoms with Crippen molar-refractivity contribution in [1.82, 2.24) is 16.0 Å². The first-order valence-corrected chi connectivity index (χ1v) is 7.23. The number of nitrogens with one attached hydrogen (secondary N) is 3. The lowest BCUT2D eigenvalue weighted by Gasteiger charge is -2.29. The fourth-order valence-corrected chi connectivity index (χ4v) is 2.23. The zero-order valence-corrected chi connectivity index (χ0v) is 12.5. The molecule has 1 fully saturated rings. The molecule has 0 aromatic carbocycles. The fourth-order valence-electron chi connectivity index (χ4n) is 2.23. The van der Waals surface area contributed by atoms with Gasteiger partial charge in [-0.2, -0.15) is 0 Å². The summed E-state index contributed by atoms with van der Waals surface area (Å²) < 4.78 is 0. The molecule has 5 nitrogen and oxygen atoms in total. The topological polar surface area (TPSA) is 70.2 Å². The molecule has 3 N–H and O–H groups in total. The molecule has 3 atom stereocenters. The van der Waals surface area contributed by atoms with Gasteiger partial charge in [0.05, 0.1) is 6.04 Å². The van der Waals surface area contributed by atoms with E-state index in [2.05, 4.69) is 22.9 Å². The van der Waals surface area contributed by atoms with Crippen LogP contribution in [0.3, 0.4) is 0 Å². The standard InChI is InChI=1S/C14H27N3O2/c1-9(2)8-16-13(18)11(4)17-14(19)12-10(3)6-5-7-15-12/h9-12,15H,5-8H2,1-4H3,(H,16,18)(H,17,19). The van der Waals surface area contributed by atoms with Crippen molar-refractivity contribution in [3.63, 3.8) is 0 Å². The van der Waals surface area contributed by atoms with E-state index in [1.165, 1.54) is 0 Å². The van der Waals surface area contributed by atoms with Gasteiger partial charge in [0, 0.05) is 6.54 Å². The van der Waals surface area contributed by atoms with Crippen LogP contribution in [0.4, 0.5) is 0 Å². The van der Waals surface area contributed by atoms with Gasteiger partial charge in [0.25, 0.3) is 0 Å². The van der Waals surface area contributed by atoms with Gasteiger partial charge in [0.2, 0.25) is 11.8 Å². The van der Waals surface area contributed by atoms with Crippen LogP contribution in [0.15, 0.2) is 0 Å². The van der Waals surface area contributed by atoms with E-state index in [1.807, 2.05) is 13.8 Å². The monoisotopic (exact) mass is 269 g/mol. The molecule has 110 valence electrons. The van der Waals surface area contributed by atoms with Crippen LogP contribution >= 0.6 is 0 Å². The third kappa shape index (κ3) is 5.19. The van der Waals surface area contributed by atoms with Gasteiger partial charge in [-0.25, -0.2) is 0 Å². The summed E-state index contributed by atoms with van der Waals surface area (Å²) in [5.41, 5.74) is 0. The van der Waals surface area contributed by atoms with Gasteiger partial charge in [-0.1, -0.05) is 20.8 Å². The summed E-state index contributed by atoms with van der Waals surface area (Å²) >= 11 is 0. The SMILES string of the molecule is CC(C)CNC(=O)C(C)NC(=O)C1NCCCC1C. The first-order chi connectivity index (χ1) is 8.91. The van der Waals surface area contributed by atoms with Crippen LogP contribution in [0.5, 0.6) is 0 Å². The minimum Gasteiger partial charge on any atom is -0.354 e. The maximum absolute atomic E-state index is 12.1. The van der Waals surface area contributed by atoms with Crippen molar-refractivity contribution in [2.24, 2.45) is 11.8 Å². The summed E-state index contributed by atoms with van der Waals surface area (Å²) in [7, 11) is 0. The third-order valence-electron chi connectivity index (χ3n) is 3.49. The number of amides is 2. The fraction of sp³-hybridized carbons (Fsp3) is 0.857. The van der Waals surface area contributed by atoms with E-state index < -0.39 is 6.04 Å². The maximum Gasteiger partial charge on any atom is 0.242 e. The lowest BCUT2D eigenvalue weighted by atomic mass is 9.92. The van der Waals surface area contributed by atoms with Crippen molar-refractivity contribution in [1.29, 1.82) is 0 Å². The van der Waals surface area contributed by atoms with E-state index in [0.29, 0.717) is 18.4 Å². The largest absolute Gasteiger partial charge is 0.354 e. The van der Waals surface area contributed by atoms with E-state index in [-0.39, 0.29) is 17.9 Å². The van der Waals surface area contributed by atoms with E-state index in [0.717, 1.165) is 19.4 Å². The number of hydrogen-bond acceptors (Lipinski definition) is 3. The van der Waals surface area contributed by atoms with E-state index in [1.54, 1.807) is 6.92 Å². The molecule has 1 rings (SSSR count). The lowest BCUT2D eigenvalue weighted by molar-refractivity contribution is -0.130. The molecule has 0 radical (unpaired) electrons. The summed E-state index contributed by atoms with van der Waals surface area (Å²) in [6.07, 6.45) is 2.16. The molecule has 0 saturated carbocycles. The van der Waals surface area contributed by atoms with Gasteiger partial charge >= 0.3 is 0 Å². The molecule has 0 aromatic heterocycles. The molecule has 0 aromatic rings. The maximum atomic E-state index is 12.1. The summed E-state index contributed by atoms with van der Waals surface area (Å²) in [6.45, 7) is 9.38. The summed E-state index contributed by atoms with van der Waals surface area (Å²) in [6, 6.07) is -0.656. The van der Waals surface area contributed by atoms with Gasteiger partial charge < -0.3 is 16.0 Å². The van der Waals surface area contributed by atoms with Crippen molar-refractivity contribution in [2.75, 3.05) is 13.1 Å². The number of piperidine rings is 1. The minimum absolute atomic E-state index is 0.0700. The molecule has 19 heavy (non-hydrogen) atoms. The molecule has 1 aliphatic heterocycles. The predicted octanol–water partition coefficient (Wildman–Crippen LogP) is 0.651. The quantitative estimate of drug-likeness (QED) is 0.686. The summed E-state index contributed by atoms with van der Waals surface area (Å²) in [5.74, 6) is 0.538. The van der Waals surface area contributed by atoms with Crippen LogP contribution in [-0.4, -0.2) is 37.0 Å². The van der Waals surface area contributed by atoms with Crippen LogP contribution in [0, 0.1) is 11.8 Å². The second kappa shape index (κ2) is 7.48. The van der Waals surface area contributed by atoms with Crippen molar-refractivity contribution in [3.05, 3.63) is 0 Å². The Bertz CT molecular complexity index is 318. The smallest absolute Gasteiger partial charge is 0.242 e. The van der Waals surface area contributed by atoms with Crippen LogP contribution in [0.25, 0.3) is 0 Å². The summed E-state index contributed by atoms with van der Waals surface area (Å²) in [5, 5.41) is 8.84. The minimum atomic E-state index is -0.484. The Kier molecular flexibility index (Phi) is 6.28. The van der Waals surface area contributed by atoms with E-state index in [9.17, 15) is 9.59 Å². The van der Waals surface area contributed by atoms with Crippen LogP contribution in [-0.2, 0) is 9.59 Å². The van der Waals surface area contributed by atoms with Crippen molar-refractivity contribution >= 4 is 11.8 Å². The van der Waals surface area contributed by atoms with Crippen LogP contribution < -0.4 is 16.0 Å². The highest BCUT2D eigenvalue weighted by molar-refractivity contribution is 5.89. The van der Waals surface area contributed by atoms with E-state index >= 15 is 0 Å². The first kappa shape index (κ1) is 16.0. The second-order valence-electron chi connectivity index (χ2n) is 5.92. The molecule has 2 amide bonds. The average Bonchev–Trinajstić information content (AvgIpc) is 2.36. The first-order valence-electron chi connectivity index (χ1n) is 7.23. The number of rotatable bonds is 5. The molecule has 1 aliphatic rings. The van der Waals surface area contributed by atoms with Gasteiger partial charge in [0.1, 0.15) is 6.04 Å². The second-order valence-corrected chi connectivity index (χ2v) is 5.92. The zero-order valence-electron chi connectivity index (χ0n) is 12.5. The van der Waals surface area contributed by atoms with Gasteiger partial charge in [-0.05, 0) is 38.1 Å². The zero-order chi connectivity index (χ0) is 14.4. The molecule has 5 heteroatoms. The Balaban J connectivity index is 2.40. The lowest BCUT2D eigenvalue weighted by Crippen LogP contribution is -2.55. The molecule has 3 unspecified atom stereocenters. The van der Waals surface area contributed by atoms with Gasteiger partial charge in [-0.15, -0.1) is 0 Å². The molecular weight excluding hydrogens is 242 g/mol. The normalized spacial score (nSPS) is 24.9. The average molecular weight is 269 g/mol. The molecule has 0 spiro atoms. The third-order valence-corrected chi connectivity index (χ3v) is 3.49. The van der Waals surface area contributed by atoms with Crippen molar-refractivity contribution in [3.8, 4) is 0 Å². The molecular formula is C14H27N3O2. The molecule has 1 saturated heterocycles. The highest BCUT2D eigenvalue weighted by Crippen LogP contribution is 2.15. The summed E-state index contributed by atoms with van der Waals surface area (Å²) in [4.78, 5) is 23.9. The van der Waals surface area contributed by atoms with E-state index in [4.69, 9.17) is 0 Å². The predicted molar refractivity (Wildman–Crippen MR) is 75.6 cm³/mol. The van der Waals surface area contributed by atoms with Crippen molar-refractivity contribution in [2.45, 2.75) is 52.6 Å². The Morgan fingerprint density at radius 2 is 2.00 bits per heavy atom. The van der Waals surface area contributed by atoms with Gasteiger partial charge in [-0.3, -0.25) is 9.59 Å². The highest BCUT2D eigenvalue weighted by atomic mass is 16.2. The van der Waals surface area contributed by atoms with Crippen LogP contribution in [0.1, 0.15) is 40.5 Å². The number of carbonyl (C=O) groups is 2. The van der Waals surface area contributed by atoms with Crippen molar-refractivity contribution < 1.29 is 9.59 Å². The number of hydrogen-bond donors (Lipinski definition) is 3. The Morgan fingerprint density at radius 3 is 2.58 bits per heavy atom.